The van der Waals surface area contributed by atoms with E-state index in [2.05, 4.69) is 11.9 Å². The molecule has 3 heteroatoms. The van der Waals surface area contributed by atoms with Crippen LogP contribution >= 0.6 is 0 Å². The molecular formula is C15H24N2O. The number of nitrogens with zero attached hydrogens (tertiary/aromatic N) is 1. The molecule has 1 aliphatic heterocycles. The molecule has 2 atom stereocenters. The maximum Gasteiger partial charge on any atom is 0.119 e. The number of ether oxygens (including phenoxy) is 1. The van der Waals surface area contributed by atoms with Crippen LogP contribution in [0.5, 0.6) is 5.75 Å². The third-order valence-corrected chi connectivity index (χ3v) is 3.77. The second-order valence-corrected chi connectivity index (χ2v) is 5.30. The Kier molecular flexibility index (Phi) is 4.61. The summed E-state index contributed by atoms with van der Waals surface area (Å²) in [5.74, 6) is 0.943. The Morgan fingerprint density at radius 1 is 1.33 bits per heavy atom. The van der Waals surface area contributed by atoms with Crippen LogP contribution in [-0.4, -0.2) is 31.1 Å². The van der Waals surface area contributed by atoms with Crippen LogP contribution in [0.15, 0.2) is 24.3 Å². The molecule has 0 saturated carbocycles. The Balaban J connectivity index is 1.85. The maximum atomic E-state index is 5.87. The van der Waals surface area contributed by atoms with Gasteiger partial charge in [0.15, 0.2) is 0 Å². The molecule has 0 amide bonds. The average Bonchev–Trinajstić information content (AvgIpc) is 2.38. The lowest BCUT2D eigenvalue weighted by molar-refractivity contribution is 0.125. The predicted molar refractivity (Wildman–Crippen MR) is 74.8 cm³/mol. The molecule has 0 radical (unpaired) electrons. The maximum absolute atomic E-state index is 5.87. The van der Waals surface area contributed by atoms with Crippen molar-refractivity contribution in [3.05, 3.63) is 29.8 Å². The van der Waals surface area contributed by atoms with Crippen molar-refractivity contribution in [1.82, 2.24) is 4.90 Å². The van der Waals surface area contributed by atoms with Gasteiger partial charge in [0.05, 0.1) is 0 Å². The zero-order valence-electron chi connectivity index (χ0n) is 11.4. The van der Waals surface area contributed by atoms with Crippen LogP contribution in [0.25, 0.3) is 0 Å². The quantitative estimate of drug-likeness (QED) is 0.890. The monoisotopic (exact) mass is 248 g/mol. The number of rotatable bonds is 4. The van der Waals surface area contributed by atoms with Crippen molar-refractivity contribution < 1.29 is 4.74 Å². The molecule has 1 heterocycles. The van der Waals surface area contributed by atoms with E-state index >= 15 is 0 Å². The summed E-state index contributed by atoms with van der Waals surface area (Å²) >= 11 is 0. The van der Waals surface area contributed by atoms with Gasteiger partial charge in [-0.1, -0.05) is 18.6 Å². The highest BCUT2D eigenvalue weighted by molar-refractivity contribution is 5.28. The summed E-state index contributed by atoms with van der Waals surface area (Å²) in [6.45, 7) is 3.97. The Morgan fingerprint density at radius 2 is 2.06 bits per heavy atom. The molecule has 1 aliphatic rings. The van der Waals surface area contributed by atoms with E-state index in [1.165, 1.54) is 25.8 Å². The van der Waals surface area contributed by atoms with Crippen LogP contribution in [0.3, 0.4) is 0 Å². The smallest absolute Gasteiger partial charge is 0.119 e. The van der Waals surface area contributed by atoms with Crippen LogP contribution < -0.4 is 10.5 Å². The number of hydrogen-bond donors (Lipinski definition) is 1. The molecule has 18 heavy (non-hydrogen) atoms. The SMILES string of the molecule is C[C@@H](N)c1ccc(OCC2CCCCN2C)cc1. The highest BCUT2D eigenvalue weighted by atomic mass is 16.5. The van der Waals surface area contributed by atoms with Gasteiger partial charge in [-0.15, -0.1) is 0 Å². The molecule has 2 N–H and O–H groups in total. The summed E-state index contributed by atoms with van der Waals surface area (Å²) in [6, 6.07) is 8.77. The predicted octanol–water partition coefficient (Wildman–Crippen LogP) is 2.57. The summed E-state index contributed by atoms with van der Waals surface area (Å²) < 4.78 is 5.87. The number of nitrogens with two attached hydrogens (primary N) is 1. The van der Waals surface area contributed by atoms with Crippen molar-refractivity contribution >= 4 is 0 Å². The van der Waals surface area contributed by atoms with E-state index in [-0.39, 0.29) is 6.04 Å². The van der Waals surface area contributed by atoms with Crippen LogP contribution in [0.2, 0.25) is 0 Å². The van der Waals surface area contributed by atoms with Crippen LogP contribution in [0.4, 0.5) is 0 Å². The minimum absolute atomic E-state index is 0.0866. The second kappa shape index (κ2) is 6.21. The fraction of sp³-hybridized carbons (Fsp3) is 0.600. The molecule has 1 saturated heterocycles. The van der Waals surface area contributed by atoms with E-state index in [0.717, 1.165) is 17.9 Å². The third-order valence-electron chi connectivity index (χ3n) is 3.77. The summed E-state index contributed by atoms with van der Waals surface area (Å²) in [7, 11) is 2.19. The Hall–Kier alpha value is -1.06. The Morgan fingerprint density at radius 3 is 2.67 bits per heavy atom. The summed E-state index contributed by atoms with van der Waals surface area (Å²) in [5.41, 5.74) is 6.98. The van der Waals surface area contributed by atoms with Gasteiger partial charge in [-0.05, 0) is 51.1 Å². The molecule has 3 nitrogen and oxygen atoms in total. The molecule has 0 spiro atoms. The number of benzene rings is 1. The van der Waals surface area contributed by atoms with E-state index in [1.54, 1.807) is 0 Å². The average molecular weight is 248 g/mol. The standard InChI is InChI=1S/C15H24N2O/c1-12(16)13-6-8-15(9-7-13)18-11-14-5-3-4-10-17(14)2/h6-9,12,14H,3-5,10-11,16H2,1-2H3/t12-,14?/m1/s1. The minimum atomic E-state index is 0.0866. The van der Waals surface area contributed by atoms with Crippen molar-refractivity contribution in [3.8, 4) is 5.75 Å². The molecule has 1 unspecified atom stereocenters. The van der Waals surface area contributed by atoms with Gasteiger partial charge in [0.1, 0.15) is 12.4 Å². The lowest BCUT2D eigenvalue weighted by Gasteiger charge is -2.32. The number of piperidine rings is 1. The van der Waals surface area contributed by atoms with Gasteiger partial charge in [-0.25, -0.2) is 0 Å². The Bertz CT molecular complexity index is 361. The van der Waals surface area contributed by atoms with Gasteiger partial charge in [-0.2, -0.15) is 0 Å². The lowest BCUT2D eigenvalue weighted by Crippen LogP contribution is -2.40. The highest BCUT2D eigenvalue weighted by Gasteiger charge is 2.19. The number of hydrogen-bond acceptors (Lipinski definition) is 3. The highest BCUT2D eigenvalue weighted by Crippen LogP contribution is 2.19. The third kappa shape index (κ3) is 3.47. The van der Waals surface area contributed by atoms with Gasteiger partial charge >= 0.3 is 0 Å². The molecule has 1 fully saturated rings. The fourth-order valence-electron chi connectivity index (χ4n) is 2.41. The van der Waals surface area contributed by atoms with Gasteiger partial charge in [0.2, 0.25) is 0 Å². The lowest BCUT2D eigenvalue weighted by atomic mass is 10.0. The molecule has 0 bridgehead atoms. The van der Waals surface area contributed by atoms with Crippen LogP contribution in [0.1, 0.15) is 37.8 Å². The second-order valence-electron chi connectivity index (χ2n) is 5.30. The normalized spacial score (nSPS) is 22.7. The van der Waals surface area contributed by atoms with Gasteiger partial charge in [0.25, 0.3) is 0 Å². The fourth-order valence-corrected chi connectivity index (χ4v) is 2.41. The van der Waals surface area contributed by atoms with Gasteiger partial charge in [-0.3, -0.25) is 0 Å². The van der Waals surface area contributed by atoms with E-state index in [9.17, 15) is 0 Å². The minimum Gasteiger partial charge on any atom is -0.492 e. The summed E-state index contributed by atoms with van der Waals surface area (Å²) in [5, 5.41) is 0. The first-order valence-corrected chi connectivity index (χ1v) is 6.85. The molecule has 1 aromatic rings. The topological polar surface area (TPSA) is 38.5 Å². The number of likely N-dealkylation sites (N-methyl/N-ethyl adjacent to an activating group) is 1. The first kappa shape index (κ1) is 13.4. The van der Waals surface area contributed by atoms with Crippen molar-refractivity contribution in [2.75, 3.05) is 20.2 Å². The van der Waals surface area contributed by atoms with Crippen molar-refractivity contribution in [2.24, 2.45) is 5.73 Å². The first-order valence-electron chi connectivity index (χ1n) is 6.85. The molecule has 1 aromatic carbocycles. The van der Waals surface area contributed by atoms with E-state index in [1.807, 2.05) is 31.2 Å². The molecule has 100 valence electrons. The van der Waals surface area contributed by atoms with Crippen LogP contribution in [-0.2, 0) is 0 Å². The van der Waals surface area contributed by atoms with Gasteiger partial charge in [0, 0.05) is 12.1 Å². The Labute approximate surface area is 110 Å². The van der Waals surface area contributed by atoms with E-state index in [0.29, 0.717) is 6.04 Å². The largest absolute Gasteiger partial charge is 0.492 e. The molecule has 0 aromatic heterocycles. The van der Waals surface area contributed by atoms with Crippen LogP contribution in [0, 0.1) is 0 Å². The van der Waals surface area contributed by atoms with Gasteiger partial charge < -0.3 is 15.4 Å². The zero-order chi connectivity index (χ0) is 13.0. The van der Waals surface area contributed by atoms with Crippen molar-refractivity contribution in [3.63, 3.8) is 0 Å². The summed E-state index contributed by atoms with van der Waals surface area (Å²) in [4.78, 5) is 2.40. The number of likely N-dealkylation sites (tertiary alicyclic amines) is 1. The molecular weight excluding hydrogens is 224 g/mol. The summed E-state index contributed by atoms with van der Waals surface area (Å²) in [6.07, 6.45) is 3.88. The molecule has 0 aliphatic carbocycles. The van der Waals surface area contributed by atoms with E-state index < -0.39 is 0 Å². The van der Waals surface area contributed by atoms with Crippen molar-refractivity contribution in [2.45, 2.75) is 38.3 Å². The zero-order valence-corrected chi connectivity index (χ0v) is 11.4. The molecule has 2 rings (SSSR count). The van der Waals surface area contributed by atoms with Crippen molar-refractivity contribution in [1.29, 1.82) is 0 Å². The first-order chi connectivity index (χ1) is 8.66. The van der Waals surface area contributed by atoms with E-state index in [4.69, 9.17) is 10.5 Å².